The van der Waals surface area contributed by atoms with Crippen LogP contribution in [0.3, 0.4) is 0 Å². The molecule has 32 heavy (non-hydrogen) atoms. The van der Waals surface area contributed by atoms with E-state index in [9.17, 15) is 14.4 Å². The second kappa shape index (κ2) is 11.0. The Labute approximate surface area is 204 Å². The Bertz CT molecular complexity index is 1060. The van der Waals surface area contributed by atoms with Gasteiger partial charge in [0.2, 0.25) is 0 Å². The lowest BCUT2D eigenvalue weighted by molar-refractivity contribution is -0.150. The highest BCUT2D eigenvalue weighted by Crippen LogP contribution is 2.34. The van der Waals surface area contributed by atoms with Crippen molar-refractivity contribution in [3.63, 3.8) is 0 Å². The van der Waals surface area contributed by atoms with Crippen molar-refractivity contribution in [1.29, 1.82) is 0 Å². The van der Waals surface area contributed by atoms with Crippen LogP contribution in [0, 0.1) is 0 Å². The summed E-state index contributed by atoms with van der Waals surface area (Å²) in [4.78, 5) is 37.9. The normalized spacial score (nSPS) is 15.9. The van der Waals surface area contributed by atoms with E-state index in [-0.39, 0.29) is 11.0 Å². The van der Waals surface area contributed by atoms with Gasteiger partial charge in [-0.05, 0) is 82.5 Å². The van der Waals surface area contributed by atoms with Gasteiger partial charge in [0, 0.05) is 5.02 Å². The average molecular weight is 539 g/mol. The molecule has 6 nitrogen and oxygen atoms in total. The lowest BCUT2D eigenvalue weighted by atomic mass is 10.2. The highest BCUT2D eigenvalue weighted by molar-refractivity contribution is 9.10. The average Bonchev–Trinajstić information content (AvgIpc) is 3.01. The summed E-state index contributed by atoms with van der Waals surface area (Å²) in [5, 5.41) is 0.167. The number of hydrogen-bond acceptors (Lipinski definition) is 6. The molecule has 0 aliphatic carbocycles. The smallest absolute Gasteiger partial charge is 0.326 e. The molecular weight excluding hydrogens is 518 g/mol. The van der Waals surface area contributed by atoms with Crippen LogP contribution in [0.15, 0.2) is 51.8 Å². The first-order valence-electron chi connectivity index (χ1n) is 9.88. The van der Waals surface area contributed by atoms with Gasteiger partial charge >= 0.3 is 5.97 Å². The first kappa shape index (κ1) is 24.4. The molecule has 1 aliphatic rings. The molecule has 2 aromatic rings. The van der Waals surface area contributed by atoms with Crippen molar-refractivity contribution >= 4 is 62.5 Å². The Balaban J connectivity index is 1.65. The molecule has 0 spiro atoms. The molecule has 9 heteroatoms. The van der Waals surface area contributed by atoms with E-state index in [1.165, 1.54) is 0 Å². The molecule has 0 bridgehead atoms. The Morgan fingerprint density at radius 3 is 2.59 bits per heavy atom. The number of rotatable bonds is 8. The number of esters is 1. The van der Waals surface area contributed by atoms with E-state index >= 15 is 0 Å². The largest absolute Gasteiger partial charge is 0.488 e. The standard InChI is InChI=1S/C23H21BrClNO5S/c1-3-14(2)31-21(27)12-26-22(28)20(32-23(26)29)11-16-6-9-19(18(24)10-16)30-13-15-4-7-17(25)8-5-15/h4-11,14H,3,12-13H2,1-2H3/b20-11+/t14-/m0/s1. The van der Waals surface area contributed by atoms with Gasteiger partial charge in [-0.2, -0.15) is 0 Å². The van der Waals surface area contributed by atoms with E-state index in [4.69, 9.17) is 21.1 Å². The lowest BCUT2D eigenvalue weighted by Crippen LogP contribution is -2.35. The van der Waals surface area contributed by atoms with Gasteiger partial charge in [-0.15, -0.1) is 0 Å². The molecule has 2 amide bonds. The maximum absolute atomic E-state index is 12.6. The lowest BCUT2D eigenvalue weighted by Gasteiger charge is -2.14. The molecule has 0 radical (unpaired) electrons. The van der Waals surface area contributed by atoms with E-state index in [0.717, 1.165) is 22.2 Å². The number of thioether (sulfide) groups is 1. The molecule has 3 rings (SSSR count). The molecule has 0 saturated carbocycles. The number of carbonyl (C=O) groups is 3. The van der Waals surface area contributed by atoms with Crippen molar-refractivity contribution in [3.8, 4) is 5.75 Å². The summed E-state index contributed by atoms with van der Waals surface area (Å²) in [6.45, 7) is 3.62. The van der Waals surface area contributed by atoms with Crippen LogP contribution in [-0.2, 0) is 20.9 Å². The summed E-state index contributed by atoms with van der Waals surface area (Å²) in [7, 11) is 0. The van der Waals surface area contributed by atoms with E-state index in [1.54, 1.807) is 43.3 Å². The summed E-state index contributed by atoms with van der Waals surface area (Å²) in [5.41, 5.74) is 1.69. The quantitative estimate of drug-likeness (QED) is 0.300. The zero-order valence-electron chi connectivity index (χ0n) is 17.5. The van der Waals surface area contributed by atoms with Gasteiger partial charge in [-0.25, -0.2) is 0 Å². The predicted molar refractivity (Wildman–Crippen MR) is 128 cm³/mol. The first-order chi connectivity index (χ1) is 15.3. The van der Waals surface area contributed by atoms with Gasteiger partial charge in [0.1, 0.15) is 18.9 Å². The Morgan fingerprint density at radius 2 is 1.94 bits per heavy atom. The number of nitrogens with zero attached hydrogens (tertiary/aromatic N) is 1. The van der Waals surface area contributed by atoms with Crippen molar-refractivity contribution in [1.82, 2.24) is 4.90 Å². The summed E-state index contributed by atoms with van der Waals surface area (Å²) in [5.74, 6) is -0.480. The molecule has 168 valence electrons. The predicted octanol–water partition coefficient (Wildman–Crippen LogP) is 6.06. The third-order valence-corrected chi connectivity index (χ3v) is 6.41. The Hall–Kier alpha value is -2.29. The SMILES string of the molecule is CC[C@H](C)OC(=O)CN1C(=O)S/C(=C/c2ccc(OCc3ccc(Cl)cc3)c(Br)c2)C1=O. The molecule has 1 heterocycles. The summed E-state index contributed by atoms with van der Waals surface area (Å²) < 4.78 is 11.7. The van der Waals surface area contributed by atoms with Crippen LogP contribution >= 0.6 is 39.3 Å². The maximum atomic E-state index is 12.6. The molecule has 1 saturated heterocycles. The molecule has 1 atom stereocenters. The van der Waals surface area contributed by atoms with E-state index in [0.29, 0.717) is 33.8 Å². The fourth-order valence-electron chi connectivity index (χ4n) is 2.73. The van der Waals surface area contributed by atoms with Crippen molar-refractivity contribution < 1.29 is 23.9 Å². The van der Waals surface area contributed by atoms with Crippen molar-refractivity contribution in [3.05, 3.63) is 68.0 Å². The number of carbonyl (C=O) groups excluding carboxylic acids is 3. The second-order valence-corrected chi connectivity index (χ2v) is 9.37. The van der Waals surface area contributed by atoms with E-state index < -0.39 is 23.7 Å². The summed E-state index contributed by atoms with van der Waals surface area (Å²) in [6, 6.07) is 12.7. The van der Waals surface area contributed by atoms with Crippen molar-refractivity contribution in [2.75, 3.05) is 6.54 Å². The topological polar surface area (TPSA) is 72.9 Å². The van der Waals surface area contributed by atoms with Crippen LogP contribution in [0.2, 0.25) is 5.02 Å². The molecule has 2 aromatic carbocycles. The van der Waals surface area contributed by atoms with Crippen LogP contribution in [0.25, 0.3) is 6.08 Å². The number of benzene rings is 2. The van der Waals surface area contributed by atoms with E-state index in [2.05, 4.69) is 15.9 Å². The fraction of sp³-hybridized carbons (Fsp3) is 0.261. The zero-order chi connectivity index (χ0) is 23.3. The van der Waals surface area contributed by atoms with Crippen LogP contribution in [-0.4, -0.2) is 34.7 Å². The third-order valence-electron chi connectivity index (χ3n) is 4.63. The van der Waals surface area contributed by atoms with Crippen molar-refractivity contribution in [2.24, 2.45) is 0 Å². The third kappa shape index (κ3) is 6.37. The van der Waals surface area contributed by atoms with Gasteiger partial charge in [-0.3, -0.25) is 19.3 Å². The number of halogens is 2. The van der Waals surface area contributed by atoms with Crippen LogP contribution in [0.1, 0.15) is 31.4 Å². The highest BCUT2D eigenvalue weighted by Gasteiger charge is 2.36. The molecule has 0 aromatic heterocycles. The van der Waals surface area contributed by atoms with E-state index in [1.807, 2.05) is 19.1 Å². The molecule has 0 unspecified atom stereocenters. The molecule has 0 N–H and O–H groups in total. The second-order valence-electron chi connectivity index (χ2n) is 7.08. The first-order valence-corrected chi connectivity index (χ1v) is 11.9. The monoisotopic (exact) mass is 537 g/mol. The number of hydrogen-bond donors (Lipinski definition) is 0. The van der Waals surface area contributed by atoms with Gasteiger partial charge in [0.15, 0.2) is 0 Å². The van der Waals surface area contributed by atoms with Crippen molar-refractivity contribution in [2.45, 2.75) is 33.0 Å². The Morgan fingerprint density at radius 1 is 1.22 bits per heavy atom. The maximum Gasteiger partial charge on any atom is 0.326 e. The van der Waals surface area contributed by atoms with Crippen LogP contribution in [0.5, 0.6) is 5.75 Å². The molecule has 1 fully saturated rings. The molecular formula is C23H21BrClNO5S. The summed E-state index contributed by atoms with van der Waals surface area (Å²) in [6.07, 6.45) is 2.00. The molecule has 1 aliphatic heterocycles. The number of amides is 2. The minimum Gasteiger partial charge on any atom is -0.488 e. The van der Waals surface area contributed by atoms with Gasteiger partial charge in [-0.1, -0.05) is 36.7 Å². The van der Waals surface area contributed by atoms with Crippen LogP contribution < -0.4 is 4.74 Å². The highest BCUT2D eigenvalue weighted by atomic mass is 79.9. The van der Waals surface area contributed by atoms with Gasteiger partial charge in [0.05, 0.1) is 15.5 Å². The zero-order valence-corrected chi connectivity index (χ0v) is 20.6. The minimum absolute atomic E-state index is 0.244. The number of ether oxygens (including phenoxy) is 2. The summed E-state index contributed by atoms with van der Waals surface area (Å²) >= 11 is 10.2. The number of imide groups is 1. The fourth-order valence-corrected chi connectivity index (χ4v) is 4.20. The van der Waals surface area contributed by atoms with Crippen LogP contribution in [0.4, 0.5) is 4.79 Å². The van der Waals surface area contributed by atoms with Gasteiger partial charge in [0.25, 0.3) is 11.1 Å². The Kier molecular flexibility index (Phi) is 8.39. The minimum atomic E-state index is -0.604. The van der Waals surface area contributed by atoms with Gasteiger partial charge < -0.3 is 9.47 Å².